The van der Waals surface area contributed by atoms with Gasteiger partial charge in [-0.3, -0.25) is 4.79 Å². The molecule has 1 aliphatic heterocycles. The van der Waals surface area contributed by atoms with Crippen molar-refractivity contribution in [3.05, 3.63) is 36.0 Å². The molecular formula is C18H23N3O4. The minimum absolute atomic E-state index is 0.00944. The van der Waals surface area contributed by atoms with Crippen LogP contribution < -0.4 is 9.64 Å². The van der Waals surface area contributed by atoms with Gasteiger partial charge in [-0.1, -0.05) is 6.07 Å². The number of rotatable bonds is 6. The Morgan fingerprint density at radius 2 is 2.28 bits per heavy atom. The Hall–Kier alpha value is -2.54. The number of aromatic hydroxyl groups is 1. The number of phenols is 1. The first-order chi connectivity index (χ1) is 12.1. The second-order valence-electron chi connectivity index (χ2n) is 6.27. The van der Waals surface area contributed by atoms with E-state index >= 15 is 0 Å². The number of aldehydes is 1. The normalized spacial score (nSPS) is 17.7. The summed E-state index contributed by atoms with van der Waals surface area (Å²) < 4.78 is 13.4. The summed E-state index contributed by atoms with van der Waals surface area (Å²) in [6, 6.07) is 7.03. The van der Waals surface area contributed by atoms with Gasteiger partial charge < -0.3 is 19.5 Å². The van der Waals surface area contributed by atoms with Crippen LogP contribution in [0.2, 0.25) is 0 Å². The van der Waals surface area contributed by atoms with E-state index in [0.29, 0.717) is 31.9 Å². The molecule has 1 unspecified atom stereocenters. The van der Waals surface area contributed by atoms with Crippen LogP contribution in [0.3, 0.4) is 0 Å². The molecule has 1 N–H and O–H groups in total. The maximum atomic E-state index is 11.2. The van der Waals surface area contributed by atoms with Gasteiger partial charge in [0.2, 0.25) is 0 Å². The Balaban J connectivity index is 1.77. The monoisotopic (exact) mass is 345 g/mol. The van der Waals surface area contributed by atoms with E-state index in [1.165, 1.54) is 6.07 Å². The van der Waals surface area contributed by atoms with Gasteiger partial charge in [-0.15, -0.1) is 0 Å². The van der Waals surface area contributed by atoms with E-state index in [-0.39, 0.29) is 23.4 Å². The van der Waals surface area contributed by atoms with Crippen molar-refractivity contribution >= 4 is 12.1 Å². The Kier molecular flexibility index (Phi) is 5.23. The van der Waals surface area contributed by atoms with Gasteiger partial charge in [-0.05, 0) is 26.0 Å². The lowest BCUT2D eigenvalue weighted by Gasteiger charge is -2.37. The third kappa shape index (κ3) is 3.61. The fourth-order valence-corrected chi connectivity index (χ4v) is 2.99. The van der Waals surface area contributed by atoms with Crippen molar-refractivity contribution in [1.82, 2.24) is 9.78 Å². The molecule has 1 fully saturated rings. The first-order valence-electron chi connectivity index (χ1n) is 8.39. The van der Waals surface area contributed by atoms with Crippen LogP contribution in [0.5, 0.6) is 11.5 Å². The molecule has 1 aromatic carbocycles. The van der Waals surface area contributed by atoms with Crippen LogP contribution in [0.4, 0.5) is 5.82 Å². The van der Waals surface area contributed by atoms with Crippen LogP contribution in [0.1, 0.15) is 30.2 Å². The number of anilines is 1. The van der Waals surface area contributed by atoms with Crippen molar-refractivity contribution in [3.63, 3.8) is 0 Å². The molecule has 1 atom stereocenters. The Morgan fingerprint density at radius 3 is 3.04 bits per heavy atom. The highest BCUT2D eigenvalue weighted by molar-refractivity contribution is 5.83. The molecule has 2 heterocycles. The number of aromatic nitrogens is 2. The largest absolute Gasteiger partial charge is 0.507 e. The first-order valence-corrected chi connectivity index (χ1v) is 8.39. The van der Waals surface area contributed by atoms with E-state index in [0.717, 1.165) is 12.4 Å². The summed E-state index contributed by atoms with van der Waals surface area (Å²) in [5.74, 6) is 1.32. The molecule has 1 saturated heterocycles. The fraction of sp³-hybridized carbons (Fsp3) is 0.444. The fourth-order valence-electron chi connectivity index (χ4n) is 2.99. The summed E-state index contributed by atoms with van der Waals surface area (Å²) >= 11 is 0. The molecule has 1 aliphatic rings. The van der Waals surface area contributed by atoms with E-state index in [2.05, 4.69) is 23.8 Å². The standard InChI is InChI=1S/C18H23N3O4/c1-13(2)21-18(6-7-19-21)20-8-9-24-11-14(20)12-25-17-5-3-4-16(23)15(17)10-22/h3-7,10,13-14,23H,8-9,11-12H2,1-2H3. The summed E-state index contributed by atoms with van der Waals surface area (Å²) in [7, 11) is 0. The number of nitrogens with zero attached hydrogens (tertiary/aromatic N) is 3. The molecule has 0 amide bonds. The van der Waals surface area contributed by atoms with Crippen LogP contribution in [-0.4, -0.2) is 53.6 Å². The molecule has 3 rings (SSSR count). The Morgan fingerprint density at radius 1 is 1.44 bits per heavy atom. The molecule has 134 valence electrons. The van der Waals surface area contributed by atoms with E-state index in [1.54, 1.807) is 18.3 Å². The van der Waals surface area contributed by atoms with Crippen molar-refractivity contribution in [1.29, 1.82) is 0 Å². The average Bonchev–Trinajstić information content (AvgIpc) is 3.10. The lowest BCUT2D eigenvalue weighted by Crippen LogP contribution is -2.49. The van der Waals surface area contributed by atoms with Gasteiger partial charge in [0.25, 0.3) is 0 Å². The van der Waals surface area contributed by atoms with Crippen molar-refractivity contribution in [3.8, 4) is 11.5 Å². The van der Waals surface area contributed by atoms with E-state index in [4.69, 9.17) is 9.47 Å². The van der Waals surface area contributed by atoms with Crippen LogP contribution in [-0.2, 0) is 4.74 Å². The predicted octanol–water partition coefficient (Wildman–Crippen LogP) is 2.27. The zero-order valence-corrected chi connectivity index (χ0v) is 14.5. The maximum absolute atomic E-state index is 11.2. The quantitative estimate of drug-likeness (QED) is 0.810. The second kappa shape index (κ2) is 7.57. The molecule has 0 spiro atoms. The molecule has 0 bridgehead atoms. The number of ether oxygens (including phenoxy) is 2. The van der Waals surface area contributed by atoms with Gasteiger partial charge in [-0.2, -0.15) is 5.10 Å². The van der Waals surface area contributed by atoms with Crippen molar-refractivity contribution in [2.45, 2.75) is 25.9 Å². The SMILES string of the molecule is CC(C)n1nccc1N1CCOCC1COc1cccc(O)c1C=O. The number of hydrogen-bond acceptors (Lipinski definition) is 6. The summed E-state index contributed by atoms with van der Waals surface area (Å²) in [6.07, 6.45) is 2.40. The Labute approximate surface area is 146 Å². The highest BCUT2D eigenvalue weighted by Crippen LogP contribution is 2.27. The van der Waals surface area contributed by atoms with Gasteiger partial charge in [-0.25, -0.2) is 4.68 Å². The van der Waals surface area contributed by atoms with Crippen LogP contribution in [0.25, 0.3) is 0 Å². The highest BCUT2D eigenvalue weighted by Gasteiger charge is 2.27. The Bertz CT molecular complexity index is 729. The van der Waals surface area contributed by atoms with E-state index in [1.807, 2.05) is 10.7 Å². The third-order valence-corrected chi connectivity index (χ3v) is 4.25. The number of carbonyl (C=O) groups excluding carboxylic acids is 1. The third-order valence-electron chi connectivity index (χ3n) is 4.25. The molecule has 2 aromatic rings. The maximum Gasteiger partial charge on any atom is 0.157 e. The van der Waals surface area contributed by atoms with Crippen LogP contribution in [0, 0.1) is 0 Å². The molecule has 1 aromatic heterocycles. The second-order valence-corrected chi connectivity index (χ2v) is 6.27. The average molecular weight is 345 g/mol. The van der Waals surface area contributed by atoms with Crippen LogP contribution in [0.15, 0.2) is 30.5 Å². The summed E-state index contributed by atoms with van der Waals surface area (Å²) in [5.41, 5.74) is 0.165. The highest BCUT2D eigenvalue weighted by atomic mass is 16.5. The minimum Gasteiger partial charge on any atom is -0.507 e. The zero-order valence-electron chi connectivity index (χ0n) is 14.5. The van der Waals surface area contributed by atoms with Gasteiger partial charge in [0.15, 0.2) is 6.29 Å². The van der Waals surface area contributed by atoms with Gasteiger partial charge >= 0.3 is 0 Å². The molecule has 25 heavy (non-hydrogen) atoms. The number of carbonyl (C=O) groups is 1. The first kappa shape index (κ1) is 17.3. The lowest BCUT2D eigenvalue weighted by molar-refractivity contribution is 0.0756. The van der Waals surface area contributed by atoms with Crippen molar-refractivity contribution < 1.29 is 19.4 Å². The number of phenolic OH excluding ortho intramolecular Hbond substituents is 1. The number of morpholine rings is 1. The number of benzene rings is 1. The van der Waals surface area contributed by atoms with Gasteiger partial charge in [0, 0.05) is 18.7 Å². The molecule has 0 radical (unpaired) electrons. The summed E-state index contributed by atoms with van der Waals surface area (Å²) in [6.45, 7) is 6.43. The smallest absolute Gasteiger partial charge is 0.157 e. The minimum atomic E-state index is -0.0814. The van der Waals surface area contributed by atoms with Crippen molar-refractivity contribution in [2.24, 2.45) is 0 Å². The lowest BCUT2D eigenvalue weighted by atomic mass is 10.2. The van der Waals surface area contributed by atoms with Crippen LogP contribution >= 0.6 is 0 Å². The molecule has 0 aliphatic carbocycles. The molecule has 7 nitrogen and oxygen atoms in total. The van der Waals surface area contributed by atoms with Crippen molar-refractivity contribution in [2.75, 3.05) is 31.3 Å². The van der Waals surface area contributed by atoms with E-state index in [9.17, 15) is 9.90 Å². The molecular weight excluding hydrogens is 322 g/mol. The molecule has 0 saturated carbocycles. The van der Waals surface area contributed by atoms with E-state index < -0.39 is 0 Å². The van der Waals surface area contributed by atoms with Gasteiger partial charge in [0.05, 0.1) is 31.0 Å². The number of hydrogen-bond donors (Lipinski definition) is 1. The summed E-state index contributed by atoms with van der Waals surface area (Å²) in [4.78, 5) is 13.4. The predicted molar refractivity (Wildman–Crippen MR) is 93.6 cm³/mol. The molecule has 7 heteroatoms. The topological polar surface area (TPSA) is 76.8 Å². The summed E-state index contributed by atoms with van der Waals surface area (Å²) in [5, 5.41) is 14.2. The van der Waals surface area contributed by atoms with Gasteiger partial charge in [0.1, 0.15) is 23.9 Å². The zero-order chi connectivity index (χ0) is 17.8.